The second-order valence-corrected chi connectivity index (χ2v) is 5.23. The van der Waals surface area contributed by atoms with Gasteiger partial charge >= 0.3 is 5.75 Å². The predicted molar refractivity (Wildman–Crippen MR) is 83.8 cm³/mol. The van der Waals surface area contributed by atoms with Gasteiger partial charge in [-0.25, -0.2) is 4.42 Å². The molecule has 2 aromatic carbocycles. The van der Waals surface area contributed by atoms with Crippen molar-refractivity contribution in [2.75, 3.05) is 19.7 Å². The van der Waals surface area contributed by atoms with Crippen LogP contribution in [0.4, 0.5) is 0 Å². The van der Waals surface area contributed by atoms with Crippen molar-refractivity contribution in [3.63, 3.8) is 0 Å². The first kappa shape index (κ1) is 14.0. The van der Waals surface area contributed by atoms with E-state index in [4.69, 9.17) is 9.16 Å². The van der Waals surface area contributed by atoms with E-state index in [9.17, 15) is 0 Å². The molecule has 0 bridgehead atoms. The third-order valence-corrected chi connectivity index (χ3v) is 3.91. The fourth-order valence-corrected chi connectivity index (χ4v) is 2.81. The molecule has 0 aromatic heterocycles. The van der Waals surface area contributed by atoms with Gasteiger partial charge in [-0.05, 0) is 23.3 Å². The highest BCUT2D eigenvalue weighted by molar-refractivity contribution is 5.32. The molecule has 0 amide bonds. The fourth-order valence-electron chi connectivity index (χ4n) is 2.81. The lowest BCUT2D eigenvalue weighted by molar-refractivity contribution is -0.354. The van der Waals surface area contributed by atoms with Crippen LogP contribution in [-0.2, 0) is 9.16 Å². The molecule has 3 heteroatoms. The topological polar surface area (TPSA) is 32.6 Å². The molecule has 1 saturated heterocycles. The van der Waals surface area contributed by atoms with Crippen LogP contribution in [0.25, 0.3) is 0 Å². The van der Waals surface area contributed by atoms with E-state index in [-0.39, 0.29) is 6.10 Å². The number of benzene rings is 2. The standard InChI is InChI=1S/C18H20NO2/c1-20-16-9-7-15(8-10-16)18-17(13-19-11-12-21-18)14-5-3-2-4-6-14/h2-10,17-19H,1,11-13H2/q+1. The van der Waals surface area contributed by atoms with Gasteiger partial charge in [0.1, 0.15) is 0 Å². The molecule has 0 spiro atoms. The van der Waals surface area contributed by atoms with Crippen molar-refractivity contribution in [3.05, 3.63) is 65.7 Å². The van der Waals surface area contributed by atoms with Gasteiger partial charge in [0.15, 0.2) is 0 Å². The number of hydrogen-bond acceptors (Lipinski definition) is 2. The Bertz CT molecular complexity index is 580. The van der Waals surface area contributed by atoms with Crippen LogP contribution in [0.5, 0.6) is 5.75 Å². The number of rotatable bonds is 3. The van der Waals surface area contributed by atoms with E-state index >= 15 is 0 Å². The van der Waals surface area contributed by atoms with Crippen LogP contribution in [-0.4, -0.2) is 26.5 Å². The first-order chi connectivity index (χ1) is 10.4. The molecule has 1 N–H and O–H groups in total. The van der Waals surface area contributed by atoms with Crippen LogP contribution in [0.15, 0.2) is 54.6 Å². The van der Waals surface area contributed by atoms with Crippen molar-refractivity contribution in [1.82, 2.24) is 5.32 Å². The van der Waals surface area contributed by atoms with Crippen LogP contribution in [0.1, 0.15) is 23.1 Å². The molecule has 3 rings (SSSR count). The Morgan fingerprint density at radius 3 is 2.48 bits per heavy atom. The molecule has 2 unspecified atom stereocenters. The predicted octanol–water partition coefficient (Wildman–Crippen LogP) is 3.21. The lowest BCUT2D eigenvalue weighted by Crippen LogP contribution is -2.22. The van der Waals surface area contributed by atoms with Crippen molar-refractivity contribution in [2.24, 2.45) is 0 Å². The molecule has 0 aliphatic carbocycles. The average molecular weight is 282 g/mol. The first-order valence-corrected chi connectivity index (χ1v) is 7.28. The Labute approximate surface area is 125 Å². The smallest absolute Gasteiger partial charge is 0.351 e. The summed E-state index contributed by atoms with van der Waals surface area (Å²) in [6.45, 7) is 5.97. The van der Waals surface area contributed by atoms with Gasteiger partial charge in [0, 0.05) is 31.1 Å². The first-order valence-electron chi connectivity index (χ1n) is 7.28. The van der Waals surface area contributed by atoms with Crippen molar-refractivity contribution < 1.29 is 9.16 Å². The molecular formula is C18H20NO2+. The number of nitrogens with one attached hydrogen (secondary N) is 1. The second kappa shape index (κ2) is 6.66. The monoisotopic (exact) mass is 282 g/mol. The molecule has 2 aromatic rings. The van der Waals surface area contributed by atoms with E-state index in [0.29, 0.717) is 5.92 Å². The summed E-state index contributed by atoms with van der Waals surface area (Å²) in [4.78, 5) is 0. The molecular weight excluding hydrogens is 262 g/mol. The zero-order valence-corrected chi connectivity index (χ0v) is 12.0. The van der Waals surface area contributed by atoms with E-state index in [0.717, 1.165) is 25.4 Å². The summed E-state index contributed by atoms with van der Waals surface area (Å²) in [5, 5.41) is 3.46. The van der Waals surface area contributed by atoms with Crippen LogP contribution in [0.2, 0.25) is 0 Å². The molecule has 1 aliphatic heterocycles. The van der Waals surface area contributed by atoms with E-state index in [1.165, 1.54) is 11.1 Å². The Morgan fingerprint density at radius 2 is 1.76 bits per heavy atom. The molecule has 0 saturated carbocycles. The minimum atomic E-state index is 0.0567. The van der Waals surface area contributed by atoms with Crippen LogP contribution in [0, 0.1) is 0 Å². The van der Waals surface area contributed by atoms with Crippen molar-refractivity contribution in [3.8, 4) is 5.75 Å². The van der Waals surface area contributed by atoms with Gasteiger partial charge in [-0.2, -0.15) is 0 Å². The fraction of sp³-hybridized carbons (Fsp3) is 0.278. The van der Waals surface area contributed by atoms with Crippen molar-refractivity contribution in [1.29, 1.82) is 0 Å². The van der Waals surface area contributed by atoms with Crippen molar-refractivity contribution in [2.45, 2.75) is 12.0 Å². The quantitative estimate of drug-likeness (QED) is 0.877. The maximum atomic E-state index is 6.11. The summed E-state index contributed by atoms with van der Waals surface area (Å²) in [6.07, 6.45) is 0.0567. The normalized spacial score (nSPS) is 22.5. The Kier molecular flexibility index (Phi) is 4.43. The van der Waals surface area contributed by atoms with Gasteiger partial charge in [0.05, 0.1) is 12.7 Å². The maximum Gasteiger partial charge on any atom is 0.351 e. The molecule has 108 valence electrons. The van der Waals surface area contributed by atoms with E-state index in [1.54, 1.807) is 0 Å². The summed E-state index contributed by atoms with van der Waals surface area (Å²) < 4.78 is 11.1. The van der Waals surface area contributed by atoms with Gasteiger partial charge in [0.25, 0.3) is 6.79 Å². The van der Waals surface area contributed by atoms with Gasteiger partial charge in [-0.15, -0.1) is 0 Å². The number of ether oxygens (including phenoxy) is 1. The highest BCUT2D eigenvalue weighted by Crippen LogP contribution is 2.35. The van der Waals surface area contributed by atoms with Gasteiger partial charge in [-0.1, -0.05) is 30.3 Å². The zero-order valence-electron chi connectivity index (χ0n) is 12.0. The van der Waals surface area contributed by atoms with Crippen molar-refractivity contribution >= 4 is 6.79 Å². The summed E-state index contributed by atoms with van der Waals surface area (Å²) in [6, 6.07) is 18.5. The molecule has 2 atom stereocenters. The Balaban J connectivity index is 1.92. The minimum absolute atomic E-state index is 0.0567. The van der Waals surface area contributed by atoms with Crippen LogP contribution >= 0.6 is 0 Å². The summed E-state index contributed by atoms with van der Waals surface area (Å²) in [5.74, 6) is 1.07. The third kappa shape index (κ3) is 3.20. The van der Waals surface area contributed by atoms with Gasteiger partial charge in [-0.3, -0.25) is 0 Å². The molecule has 1 heterocycles. The highest BCUT2D eigenvalue weighted by Gasteiger charge is 2.27. The van der Waals surface area contributed by atoms with Gasteiger partial charge in [0.2, 0.25) is 0 Å². The highest BCUT2D eigenvalue weighted by atomic mass is 16.5. The summed E-state index contributed by atoms with van der Waals surface area (Å²) in [7, 11) is 0. The number of carbonyl (C=O) groups excluding carboxylic acids is 1. The third-order valence-electron chi connectivity index (χ3n) is 3.91. The molecule has 1 fully saturated rings. The maximum absolute atomic E-state index is 6.11. The largest absolute Gasteiger partial charge is 0.372 e. The Hall–Kier alpha value is -1.97. The lowest BCUT2D eigenvalue weighted by atomic mass is 9.89. The average Bonchev–Trinajstić information content (AvgIpc) is 2.81. The lowest BCUT2D eigenvalue weighted by Gasteiger charge is -2.25. The Morgan fingerprint density at radius 1 is 1.00 bits per heavy atom. The van der Waals surface area contributed by atoms with E-state index in [2.05, 4.69) is 48.5 Å². The molecule has 21 heavy (non-hydrogen) atoms. The number of hydrogen-bond donors (Lipinski definition) is 1. The summed E-state index contributed by atoms with van der Waals surface area (Å²) >= 11 is 0. The molecule has 3 nitrogen and oxygen atoms in total. The van der Waals surface area contributed by atoms with Gasteiger partial charge < -0.3 is 10.1 Å². The molecule has 0 radical (unpaired) electrons. The SMILES string of the molecule is C=[O+]c1ccc(C2OCCNCC2c2ccccc2)cc1. The van der Waals surface area contributed by atoms with Crippen LogP contribution < -0.4 is 5.32 Å². The summed E-state index contributed by atoms with van der Waals surface area (Å²) in [5.41, 5.74) is 2.47. The second-order valence-electron chi connectivity index (χ2n) is 5.23. The van der Waals surface area contributed by atoms with E-state index in [1.807, 2.05) is 18.2 Å². The van der Waals surface area contributed by atoms with E-state index < -0.39 is 0 Å². The van der Waals surface area contributed by atoms with Crippen LogP contribution in [0.3, 0.4) is 0 Å². The minimum Gasteiger partial charge on any atom is -0.372 e. The zero-order chi connectivity index (χ0) is 14.5. The molecule has 1 aliphatic rings.